The molecule has 0 saturated carbocycles. The molecule has 0 heterocycles. The molecule has 0 N–H and O–H groups in total. The monoisotopic (exact) mass is 821 g/mol. The van der Waals surface area contributed by atoms with Gasteiger partial charge in [-0.3, -0.25) is 14.4 Å². The van der Waals surface area contributed by atoms with E-state index >= 15 is 0 Å². The van der Waals surface area contributed by atoms with E-state index in [0.717, 1.165) is 89.9 Å². The maximum Gasteiger partial charge on any atom is 0.306 e. The highest BCUT2D eigenvalue weighted by atomic mass is 16.6. The first-order valence-electron chi connectivity index (χ1n) is 24.2. The van der Waals surface area contributed by atoms with E-state index < -0.39 is 6.10 Å². The fourth-order valence-corrected chi connectivity index (χ4v) is 6.36. The molecule has 1 unspecified atom stereocenters. The molecule has 6 heteroatoms. The summed E-state index contributed by atoms with van der Waals surface area (Å²) in [5, 5.41) is 0. The van der Waals surface area contributed by atoms with E-state index in [0.29, 0.717) is 19.3 Å². The van der Waals surface area contributed by atoms with Gasteiger partial charge in [0.05, 0.1) is 0 Å². The maximum atomic E-state index is 12.8. The van der Waals surface area contributed by atoms with Gasteiger partial charge in [0.2, 0.25) is 0 Å². The van der Waals surface area contributed by atoms with Gasteiger partial charge in [-0.05, 0) is 77.0 Å². The van der Waals surface area contributed by atoms with E-state index in [1.807, 2.05) is 0 Å². The second-order valence-electron chi connectivity index (χ2n) is 15.7. The normalized spacial score (nSPS) is 12.8. The predicted octanol–water partition coefficient (Wildman–Crippen LogP) is 15.6. The average Bonchev–Trinajstić information content (AvgIpc) is 3.23. The van der Waals surface area contributed by atoms with Crippen molar-refractivity contribution in [2.24, 2.45) is 0 Å². The van der Waals surface area contributed by atoms with Crippen LogP contribution in [0.25, 0.3) is 0 Å². The van der Waals surface area contributed by atoms with E-state index in [1.165, 1.54) is 83.5 Å². The third-order valence-corrected chi connectivity index (χ3v) is 9.99. The van der Waals surface area contributed by atoms with Crippen molar-refractivity contribution in [3.8, 4) is 0 Å². The van der Waals surface area contributed by atoms with Crippen LogP contribution in [0.2, 0.25) is 0 Å². The zero-order valence-corrected chi connectivity index (χ0v) is 38.2. The molecule has 0 aliphatic rings. The van der Waals surface area contributed by atoms with Gasteiger partial charge in [-0.2, -0.15) is 0 Å². The second-order valence-corrected chi connectivity index (χ2v) is 15.7. The fraction of sp³-hybridized carbons (Fsp3) is 0.679. The van der Waals surface area contributed by atoms with Crippen LogP contribution in [0.1, 0.15) is 213 Å². The van der Waals surface area contributed by atoms with Gasteiger partial charge >= 0.3 is 17.9 Å². The summed E-state index contributed by atoms with van der Waals surface area (Å²) < 4.78 is 16.7. The second kappa shape index (κ2) is 47.3. The minimum absolute atomic E-state index is 0.0909. The number of esters is 3. The molecular formula is C53H88O6. The van der Waals surface area contributed by atoms with Crippen molar-refractivity contribution in [1.29, 1.82) is 0 Å². The van der Waals surface area contributed by atoms with E-state index in [-0.39, 0.29) is 31.1 Å². The summed E-state index contributed by atoms with van der Waals surface area (Å²) in [5.41, 5.74) is 0. The Bertz CT molecular complexity index is 1170. The van der Waals surface area contributed by atoms with Crippen molar-refractivity contribution in [1.82, 2.24) is 0 Å². The van der Waals surface area contributed by atoms with Crippen LogP contribution < -0.4 is 0 Å². The van der Waals surface area contributed by atoms with Crippen LogP contribution in [0, 0.1) is 0 Å². The Morgan fingerprint density at radius 1 is 0.356 bits per heavy atom. The first kappa shape index (κ1) is 55.6. The van der Waals surface area contributed by atoms with Gasteiger partial charge in [-0.25, -0.2) is 0 Å². The van der Waals surface area contributed by atoms with Crippen LogP contribution in [0.5, 0.6) is 0 Å². The molecule has 0 bridgehead atoms. The number of carbonyl (C=O) groups is 3. The lowest BCUT2D eigenvalue weighted by atomic mass is 10.1. The highest BCUT2D eigenvalue weighted by Crippen LogP contribution is 2.14. The highest BCUT2D eigenvalue weighted by molar-refractivity contribution is 5.71. The molecule has 0 aliphatic carbocycles. The maximum absolute atomic E-state index is 12.8. The van der Waals surface area contributed by atoms with Crippen LogP contribution in [-0.2, 0) is 28.6 Å². The summed E-state index contributed by atoms with van der Waals surface area (Å²) in [6.45, 7) is 6.30. The van der Waals surface area contributed by atoms with Crippen LogP contribution in [0.3, 0.4) is 0 Å². The molecule has 6 nitrogen and oxygen atoms in total. The summed E-state index contributed by atoms with van der Waals surface area (Å²) in [6, 6.07) is 0. The van der Waals surface area contributed by atoms with E-state index in [2.05, 4.69) is 106 Å². The Balaban J connectivity index is 4.43. The molecule has 1 atom stereocenters. The number of hydrogen-bond donors (Lipinski definition) is 0. The zero-order valence-electron chi connectivity index (χ0n) is 38.2. The Hall–Kier alpha value is -3.41. The summed E-state index contributed by atoms with van der Waals surface area (Å²) in [5.74, 6) is -0.929. The standard InChI is InChI=1S/C53H88O6/c1-4-7-10-13-16-19-22-24-26-28-31-34-37-40-43-46-52(55)58-49-50(48-57-51(54)45-42-39-36-33-30-21-18-15-12-9-6-3)59-53(56)47-44-41-38-35-32-29-27-25-23-20-17-14-11-8-5-2/h7-8,10-11,13-20,22-23,50H,4-6,9,12,21,24-49H2,1-3H3/b10-7-,11-8-,16-13-,17-14-,18-15-,22-19-,23-20-. The van der Waals surface area contributed by atoms with E-state index in [1.54, 1.807) is 0 Å². The first-order chi connectivity index (χ1) is 29.0. The molecule has 0 aromatic carbocycles. The molecule has 0 saturated heterocycles. The Kier molecular flexibility index (Phi) is 44.5. The number of rotatable bonds is 42. The summed E-state index contributed by atoms with van der Waals surface area (Å²) in [4.78, 5) is 37.9. The van der Waals surface area contributed by atoms with Gasteiger partial charge in [0.25, 0.3) is 0 Å². The topological polar surface area (TPSA) is 78.9 Å². The Labute approximate surface area is 363 Å². The fourth-order valence-electron chi connectivity index (χ4n) is 6.36. The largest absolute Gasteiger partial charge is 0.462 e. The van der Waals surface area contributed by atoms with Crippen molar-refractivity contribution in [2.75, 3.05) is 13.2 Å². The molecule has 59 heavy (non-hydrogen) atoms. The van der Waals surface area contributed by atoms with Crippen molar-refractivity contribution >= 4 is 17.9 Å². The number of unbranched alkanes of at least 4 members (excludes halogenated alkanes) is 21. The number of carbonyl (C=O) groups excluding carboxylic acids is 3. The molecule has 0 aliphatic heterocycles. The number of allylic oxidation sites excluding steroid dienone is 14. The molecule has 0 aromatic heterocycles. The summed E-state index contributed by atoms with van der Waals surface area (Å²) in [6.07, 6.45) is 59.9. The van der Waals surface area contributed by atoms with Gasteiger partial charge in [-0.15, -0.1) is 0 Å². The third-order valence-electron chi connectivity index (χ3n) is 9.99. The van der Waals surface area contributed by atoms with Crippen LogP contribution in [0.15, 0.2) is 85.1 Å². The molecule has 0 radical (unpaired) electrons. The lowest BCUT2D eigenvalue weighted by molar-refractivity contribution is -0.167. The SMILES string of the molecule is CC\C=C/C=C\C=C/CCCCCCCCCC(=O)OCC(COC(=O)CCCCCCC/C=C\CCCC)OC(=O)CCCCCCCCC\C=C/C=C\C=C/CC. The quantitative estimate of drug-likeness (QED) is 0.0201. The number of hydrogen-bond acceptors (Lipinski definition) is 6. The molecule has 336 valence electrons. The molecular weight excluding hydrogens is 733 g/mol. The lowest BCUT2D eigenvalue weighted by Gasteiger charge is -2.18. The molecule has 0 aromatic rings. The smallest absolute Gasteiger partial charge is 0.306 e. The first-order valence-corrected chi connectivity index (χ1v) is 24.2. The third kappa shape index (κ3) is 45.5. The van der Waals surface area contributed by atoms with Gasteiger partial charge < -0.3 is 14.2 Å². The van der Waals surface area contributed by atoms with Crippen molar-refractivity contribution in [3.63, 3.8) is 0 Å². The highest BCUT2D eigenvalue weighted by Gasteiger charge is 2.19. The predicted molar refractivity (Wildman–Crippen MR) is 251 cm³/mol. The lowest BCUT2D eigenvalue weighted by Crippen LogP contribution is -2.30. The van der Waals surface area contributed by atoms with Crippen LogP contribution in [0.4, 0.5) is 0 Å². The van der Waals surface area contributed by atoms with E-state index in [9.17, 15) is 14.4 Å². The molecule has 0 rings (SSSR count). The average molecular weight is 821 g/mol. The minimum Gasteiger partial charge on any atom is -0.462 e. The minimum atomic E-state index is -0.790. The van der Waals surface area contributed by atoms with Crippen molar-refractivity contribution in [2.45, 2.75) is 219 Å². The zero-order chi connectivity index (χ0) is 43.0. The molecule has 0 fully saturated rings. The number of ether oxygens (including phenoxy) is 3. The van der Waals surface area contributed by atoms with Crippen LogP contribution in [-0.4, -0.2) is 37.2 Å². The Morgan fingerprint density at radius 3 is 1.07 bits per heavy atom. The Morgan fingerprint density at radius 2 is 0.678 bits per heavy atom. The van der Waals surface area contributed by atoms with Gasteiger partial charge in [-0.1, -0.05) is 202 Å². The van der Waals surface area contributed by atoms with Crippen LogP contribution >= 0.6 is 0 Å². The van der Waals surface area contributed by atoms with Gasteiger partial charge in [0.15, 0.2) is 6.10 Å². The van der Waals surface area contributed by atoms with Gasteiger partial charge in [0, 0.05) is 19.3 Å². The summed E-state index contributed by atoms with van der Waals surface area (Å²) >= 11 is 0. The van der Waals surface area contributed by atoms with Gasteiger partial charge in [0.1, 0.15) is 13.2 Å². The van der Waals surface area contributed by atoms with Crippen molar-refractivity contribution in [3.05, 3.63) is 85.1 Å². The molecule has 0 amide bonds. The van der Waals surface area contributed by atoms with E-state index in [4.69, 9.17) is 14.2 Å². The summed E-state index contributed by atoms with van der Waals surface area (Å²) in [7, 11) is 0. The van der Waals surface area contributed by atoms with Crippen molar-refractivity contribution < 1.29 is 28.6 Å². The molecule has 0 spiro atoms.